The quantitative estimate of drug-likeness (QED) is 0.718. The molecule has 0 spiro atoms. The monoisotopic (exact) mass is 344 g/mol. The number of pyridine rings is 1. The van der Waals surface area contributed by atoms with E-state index in [1.165, 1.54) is 0 Å². The lowest BCUT2D eigenvalue weighted by atomic mass is 10.2. The van der Waals surface area contributed by atoms with Crippen LogP contribution in [-0.4, -0.2) is 58.5 Å². The molecule has 0 radical (unpaired) electrons. The standard InChI is InChI=1S/C18H24N4O3/c1-14-11-20-21(12-14)13-15-5-4-8-22(15)18(23)16-6-3-7-19-17(16)25-10-9-24-2/h3,6-7,11-12,15H,4-5,8-10,13H2,1-2H3. The minimum Gasteiger partial charge on any atom is -0.475 e. The van der Waals surface area contributed by atoms with Crippen molar-refractivity contribution in [2.75, 3.05) is 26.9 Å². The molecular formula is C18H24N4O3. The number of hydrogen-bond acceptors (Lipinski definition) is 5. The molecule has 1 atom stereocenters. The number of rotatable bonds is 7. The first-order valence-electron chi connectivity index (χ1n) is 8.56. The molecule has 1 saturated heterocycles. The molecule has 1 aliphatic heterocycles. The molecule has 0 aromatic carbocycles. The van der Waals surface area contributed by atoms with Gasteiger partial charge in [-0.2, -0.15) is 5.10 Å². The van der Waals surface area contributed by atoms with Crippen molar-refractivity contribution in [2.24, 2.45) is 0 Å². The summed E-state index contributed by atoms with van der Waals surface area (Å²) >= 11 is 0. The first-order chi connectivity index (χ1) is 12.2. The minimum absolute atomic E-state index is 0.0353. The van der Waals surface area contributed by atoms with Crippen molar-refractivity contribution in [1.29, 1.82) is 0 Å². The summed E-state index contributed by atoms with van der Waals surface area (Å²) in [4.78, 5) is 19.2. The van der Waals surface area contributed by atoms with Gasteiger partial charge < -0.3 is 14.4 Å². The third-order valence-corrected chi connectivity index (χ3v) is 4.33. The number of likely N-dealkylation sites (tertiary alicyclic amines) is 1. The van der Waals surface area contributed by atoms with Crippen molar-refractivity contribution in [3.05, 3.63) is 41.9 Å². The largest absolute Gasteiger partial charge is 0.475 e. The number of carbonyl (C=O) groups excluding carboxylic acids is 1. The van der Waals surface area contributed by atoms with E-state index in [4.69, 9.17) is 9.47 Å². The average Bonchev–Trinajstić information content (AvgIpc) is 3.24. The predicted molar refractivity (Wildman–Crippen MR) is 92.6 cm³/mol. The maximum Gasteiger partial charge on any atom is 0.259 e. The SMILES string of the molecule is COCCOc1ncccc1C(=O)N1CCCC1Cn1cc(C)cn1. The van der Waals surface area contributed by atoms with Crippen molar-refractivity contribution in [2.45, 2.75) is 32.4 Å². The fourth-order valence-corrected chi connectivity index (χ4v) is 3.12. The van der Waals surface area contributed by atoms with Gasteiger partial charge in [-0.05, 0) is 37.5 Å². The van der Waals surface area contributed by atoms with Gasteiger partial charge in [0.05, 0.1) is 25.4 Å². The van der Waals surface area contributed by atoms with Crippen molar-refractivity contribution in [3.63, 3.8) is 0 Å². The Hall–Kier alpha value is -2.41. The molecule has 1 fully saturated rings. The Bertz CT molecular complexity index is 716. The second kappa shape index (κ2) is 8.11. The molecule has 0 N–H and O–H groups in total. The Morgan fingerprint density at radius 3 is 3.04 bits per heavy atom. The second-order valence-corrected chi connectivity index (χ2v) is 6.23. The molecule has 3 heterocycles. The van der Waals surface area contributed by atoms with Crippen LogP contribution in [0.2, 0.25) is 0 Å². The summed E-state index contributed by atoms with van der Waals surface area (Å²) in [5.41, 5.74) is 1.62. The van der Waals surface area contributed by atoms with Gasteiger partial charge in [-0.1, -0.05) is 0 Å². The minimum atomic E-state index is -0.0353. The summed E-state index contributed by atoms with van der Waals surface area (Å²) < 4.78 is 12.5. The van der Waals surface area contributed by atoms with Crippen LogP contribution in [0.1, 0.15) is 28.8 Å². The molecule has 134 valence electrons. The lowest BCUT2D eigenvalue weighted by Crippen LogP contribution is -2.38. The van der Waals surface area contributed by atoms with E-state index in [1.807, 2.05) is 28.9 Å². The first-order valence-corrected chi connectivity index (χ1v) is 8.56. The van der Waals surface area contributed by atoms with E-state index in [9.17, 15) is 4.79 Å². The number of hydrogen-bond donors (Lipinski definition) is 0. The van der Waals surface area contributed by atoms with Gasteiger partial charge in [0, 0.05) is 26.0 Å². The zero-order valence-corrected chi connectivity index (χ0v) is 14.7. The van der Waals surface area contributed by atoms with Crippen LogP contribution >= 0.6 is 0 Å². The van der Waals surface area contributed by atoms with Gasteiger partial charge in [0.1, 0.15) is 12.2 Å². The van der Waals surface area contributed by atoms with Gasteiger partial charge in [0.15, 0.2) is 0 Å². The van der Waals surface area contributed by atoms with Crippen LogP contribution in [0.3, 0.4) is 0 Å². The van der Waals surface area contributed by atoms with Gasteiger partial charge in [-0.15, -0.1) is 0 Å². The Balaban J connectivity index is 1.73. The smallest absolute Gasteiger partial charge is 0.259 e. The van der Waals surface area contributed by atoms with E-state index in [0.717, 1.165) is 24.9 Å². The number of nitrogens with zero attached hydrogens (tertiary/aromatic N) is 4. The molecule has 1 amide bonds. The molecule has 7 nitrogen and oxygen atoms in total. The van der Waals surface area contributed by atoms with Crippen molar-refractivity contribution in [1.82, 2.24) is 19.7 Å². The number of carbonyl (C=O) groups is 1. The van der Waals surface area contributed by atoms with E-state index in [0.29, 0.717) is 31.2 Å². The van der Waals surface area contributed by atoms with Gasteiger partial charge in [-0.25, -0.2) is 4.98 Å². The maximum absolute atomic E-state index is 13.1. The van der Waals surface area contributed by atoms with Crippen molar-refractivity contribution >= 4 is 5.91 Å². The number of ether oxygens (including phenoxy) is 2. The lowest BCUT2D eigenvalue weighted by molar-refractivity contribution is 0.0713. The number of amides is 1. The summed E-state index contributed by atoms with van der Waals surface area (Å²) in [6.07, 6.45) is 7.45. The molecule has 0 saturated carbocycles. The third-order valence-electron chi connectivity index (χ3n) is 4.33. The molecule has 0 bridgehead atoms. The number of aryl methyl sites for hydroxylation is 1. The summed E-state index contributed by atoms with van der Waals surface area (Å²) in [5, 5.41) is 4.34. The van der Waals surface area contributed by atoms with E-state index >= 15 is 0 Å². The molecule has 2 aromatic rings. The van der Waals surface area contributed by atoms with E-state index in [-0.39, 0.29) is 11.9 Å². The Kier molecular flexibility index (Phi) is 5.65. The predicted octanol–water partition coefficient (Wildman–Crippen LogP) is 1.92. The lowest BCUT2D eigenvalue weighted by Gasteiger charge is -2.25. The zero-order valence-electron chi connectivity index (χ0n) is 14.7. The van der Waals surface area contributed by atoms with Crippen LogP contribution in [0.4, 0.5) is 0 Å². The van der Waals surface area contributed by atoms with Gasteiger partial charge in [-0.3, -0.25) is 9.48 Å². The van der Waals surface area contributed by atoms with Crippen LogP contribution in [0.15, 0.2) is 30.7 Å². The van der Waals surface area contributed by atoms with Crippen LogP contribution in [0, 0.1) is 6.92 Å². The fraction of sp³-hybridized carbons (Fsp3) is 0.500. The van der Waals surface area contributed by atoms with Crippen LogP contribution in [-0.2, 0) is 11.3 Å². The van der Waals surface area contributed by atoms with Gasteiger partial charge >= 0.3 is 0 Å². The zero-order chi connectivity index (χ0) is 17.6. The first kappa shape index (κ1) is 17.4. The fourth-order valence-electron chi connectivity index (χ4n) is 3.12. The summed E-state index contributed by atoms with van der Waals surface area (Å²) in [7, 11) is 1.61. The normalized spacial score (nSPS) is 17.0. The maximum atomic E-state index is 13.1. The van der Waals surface area contributed by atoms with Crippen LogP contribution in [0.25, 0.3) is 0 Å². The Labute approximate surface area is 147 Å². The van der Waals surface area contributed by atoms with Crippen LogP contribution < -0.4 is 4.74 Å². The summed E-state index contributed by atoms with van der Waals surface area (Å²) in [6, 6.07) is 3.67. The Morgan fingerprint density at radius 1 is 1.40 bits per heavy atom. The molecule has 1 aliphatic rings. The summed E-state index contributed by atoms with van der Waals surface area (Å²) in [5.74, 6) is 0.331. The molecule has 7 heteroatoms. The third kappa shape index (κ3) is 4.17. The number of aromatic nitrogens is 3. The highest BCUT2D eigenvalue weighted by atomic mass is 16.5. The molecule has 0 aliphatic carbocycles. The van der Waals surface area contributed by atoms with Crippen molar-refractivity contribution < 1.29 is 14.3 Å². The van der Waals surface area contributed by atoms with Gasteiger partial charge in [0.25, 0.3) is 5.91 Å². The van der Waals surface area contributed by atoms with E-state index in [1.54, 1.807) is 25.4 Å². The number of methoxy groups -OCH3 is 1. The van der Waals surface area contributed by atoms with Crippen molar-refractivity contribution in [3.8, 4) is 5.88 Å². The molecule has 3 rings (SSSR count). The highest BCUT2D eigenvalue weighted by molar-refractivity contribution is 5.96. The highest BCUT2D eigenvalue weighted by Gasteiger charge is 2.31. The van der Waals surface area contributed by atoms with Crippen LogP contribution in [0.5, 0.6) is 5.88 Å². The van der Waals surface area contributed by atoms with Gasteiger partial charge in [0.2, 0.25) is 5.88 Å². The second-order valence-electron chi connectivity index (χ2n) is 6.23. The summed E-state index contributed by atoms with van der Waals surface area (Å²) in [6.45, 7) is 4.29. The average molecular weight is 344 g/mol. The molecular weight excluding hydrogens is 320 g/mol. The highest BCUT2D eigenvalue weighted by Crippen LogP contribution is 2.24. The molecule has 2 aromatic heterocycles. The molecule has 1 unspecified atom stereocenters. The molecule has 25 heavy (non-hydrogen) atoms. The van der Waals surface area contributed by atoms with E-state index < -0.39 is 0 Å². The topological polar surface area (TPSA) is 69.5 Å². The Morgan fingerprint density at radius 2 is 2.28 bits per heavy atom. The van der Waals surface area contributed by atoms with E-state index in [2.05, 4.69) is 10.1 Å².